The number of carbonyl (C=O) groups excluding carboxylic acids is 1. The summed E-state index contributed by atoms with van der Waals surface area (Å²) in [6.45, 7) is 3.87. The van der Waals surface area contributed by atoms with Crippen LogP contribution < -0.4 is 10.9 Å². The molecule has 3 aromatic rings. The number of aromatic nitrogens is 4. The lowest BCUT2D eigenvalue weighted by Crippen LogP contribution is -2.24. The molecule has 0 fully saturated rings. The number of hydrogen-bond acceptors (Lipinski definition) is 4. The molecule has 1 N–H and O–H groups in total. The maximum absolute atomic E-state index is 12.4. The number of aryl methyl sites for hydroxylation is 3. The van der Waals surface area contributed by atoms with Crippen molar-refractivity contribution in [2.45, 2.75) is 13.8 Å². The van der Waals surface area contributed by atoms with Gasteiger partial charge >= 0.3 is 0 Å². The Morgan fingerprint density at radius 1 is 1.08 bits per heavy atom. The molecular formula is C17H17N5O2. The van der Waals surface area contributed by atoms with Crippen LogP contribution in [-0.2, 0) is 7.05 Å². The third kappa shape index (κ3) is 2.96. The SMILES string of the molecule is Cc1cc(C)n(-c2ccccc2NC(=O)c2ccc(=O)n(C)n2)n1. The van der Waals surface area contributed by atoms with Gasteiger partial charge in [0, 0.05) is 18.8 Å². The van der Waals surface area contributed by atoms with Crippen molar-refractivity contribution in [3.05, 3.63) is 69.9 Å². The van der Waals surface area contributed by atoms with Crippen molar-refractivity contribution in [3.8, 4) is 5.69 Å². The zero-order valence-electron chi connectivity index (χ0n) is 13.6. The van der Waals surface area contributed by atoms with E-state index in [1.165, 1.54) is 19.2 Å². The van der Waals surface area contributed by atoms with Gasteiger partial charge in [0.2, 0.25) is 0 Å². The minimum atomic E-state index is -0.389. The van der Waals surface area contributed by atoms with E-state index in [0.29, 0.717) is 5.69 Å². The smallest absolute Gasteiger partial charge is 0.276 e. The lowest BCUT2D eigenvalue weighted by Gasteiger charge is -2.12. The van der Waals surface area contributed by atoms with Crippen LogP contribution in [0.25, 0.3) is 5.69 Å². The Labute approximate surface area is 138 Å². The summed E-state index contributed by atoms with van der Waals surface area (Å²) in [4.78, 5) is 23.8. The molecule has 2 heterocycles. The van der Waals surface area contributed by atoms with E-state index in [9.17, 15) is 9.59 Å². The van der Waals surface area contributed by atoms with E-state index in [4.69, 9.17) is 0 Å². The number of amides is 1. The number of para-hydroxylation sites is 2. The first-order valence-corrected chi connectivity index (χ1v) is 7.44. The second-order valence-electron chi connectivity index (χ2n) is 5.49. The molecule has 1 amide bonds. The summed E-state index contributed by atoms with van der Waals surface area (Å²) in [5.41, 5.74) is 3.14. The van der Waals surface area contributed by atoms with Crippen molar-refractivity contribution in [2.75, 3.05) is 5.32 Å². The Morgan fingerprint density at radius 3 is 2.50 bits per heavy atom. The molecule has 0 saturated carbocycles. The first kappa shape index (κ1) is 15.7. The van der Waals surface area contributed by atoms with Crippen molar-refractivity contribution < 1.29 is 4.79 Å². The molecule has 0 unspecified atom stereocenters. The molecule has 0 spiro atoms. The van der Waals surface area contributed by atoms with E-state index in [1.54, 1.807) is 10.7 Å². The van der Waals surface area contributed by atoms with Crippen molar-refractivity contribution in [2.24, 2.45) is 7.05 Å². The van der Waals surface area contributed by atoms with Gasteiger partial charge in [-0.1, -0.05) is 12.1 Å². The monoisotopic (exact) mass is 323 g/mol. The van der Waals surface area contributed by atoms with Crippen LogP contribution in [0.2, 0.25) is 0 Å². The number of carbonyl (C=O) groups is 1. The molecule has 0 aliphatic rings. The fourth-order valence-electron chi connectivity index (χ4n) is 2.45. The molecule has 3 rings (SSSR count). The molecule has 2 aromatic heterocycles. The maximum Gasteiger partial charge on any atom is 0.276 e. The number of nitrogens with zero attached hydrogens (tertiary/aromatic N) is 4. The van der Waals surface area contributed by atoms with Gasteiger partial charge < -0.3 is 5.32 Å². The Hall–Kier alpha value is -3.22. The molecule has 0 saturated heterocycles. The van der Waals surface area contributed by atoms with Crippen LogP contribution in [0, 0.1) is 13.8 Å². The molecular weight excluding hydrogens is 306 g/mol. The average molecular weight is 323 g/mol. The van der Waals surface area contributed by atoms with Crippen LogP contribution in [0.4, 0.5) is 5.69 Å². The molecule has 7 nitrogen and oxygen atoms in total. The van der Waals surface area contributed by atoms with Gasteiger partial charge in [0.05, 0.1) is 17.1 Å². The summed E-state index contributed by atoms with van der Waals surface area (Å²) in [5, 5.41) is 11.2. The molecule has 1 aromatic carbocycles. The molecule has 0 aliphatic heterocycles. The highest BCUT2D eigenvalue weighted by molar-refractivity contribution is 6.03. The standard InChI is InChI=1S/C17H17N5O2/c1-11-10-12(2)22(19-11)15-7-5-4-6-13(15)18-17(24)14-8-9-16(23)21(3)20-14/h4-10H,1-3H3,(H,18,24). The highest BCUT2D eigenvalue weighted by atomic mass is 16.2. The summed E-state index contributed by atoms with van der Waals surface area (Å²) < 4.78 is 2.90. The fourth-order valence-corrected chi connectivity index (χ4v) is 2.45. The molecule has 0 bridgehead atoms. The highest BCUT2D eigenvalue weighted by Crippen LogP contribution is 2.22. The van der Waals surface area contributed by atoms with Gasteiger partial charge in [-0.2, -0.15) is 10.2 Å². The first-order valence-electron chi connectivity index (χ1n) is 7.44. The lowest BCUT2D eigenvalue weighted by atomic mass is 10.2. The van der Waals surface area contributed by atoms with Gasteiger partial charge in [0.15, 0.2) is 0 Å². The number of rotatable bonds is 3. The van der Waals surface area contributed by atoms with Gasteiger partial charge in [0.25, 0.3) is 11.5 Å². The quantitative estimate of drug-likeness (QED) is 0.797. The third-order valence-corrected chi connectivity index (χ3v) is 3.58. The first-order chi connectivity index (χ1) is 11.5. The normalized spacial score (nSPS) is 10.6. The van der Waals surface area contributed by atoms with Crippen LogP contribution in [0.1, 0.15) is 21.9 Å². The Balaban J connectivity index is 1.96. The second kappa shape index (κ2) is 6.11. The summed E-state index contributed by atoms with van der Waals surface area (Å²) >= 11 is 0. The summed E-state index contributed by atoms with van der Waals surface area (Å²) in [7, 11) is 1.50. The van der Waals surface area contributed by atoms with E-state index in [2.05, 4.69) is 15.5 Å². The predicted molar refractivity (Wildman–Crippen MR) is 90.5 cm³/mol. The van der Waals surface area contributed by atoms with Crippen molar-refractivity contribution in [3.63, 3.8) is 0 Å². The number of benzene rings is 1. The fraction of sp³-hybridized carbons (Fsp3) is 0.176. The van der Waals surface area contributed by atoms with Crippen molar-refractivity contribution in [1.82, 2.24) is 19.6 Å². The number of nitrogens with one attached hydrogen (secondary N) is 1. The third-order valence-electron chi connectivity index (χ3n) is 3.58. The second-order valence-corrected chi connectivity index (χ2v) is 5.49. The minimum absolute atomic E-state index is 0.167. The van der Waals surface area contributed by atoms with Gasteiger partial charge in [-0.15, -0.1) is 0 Å². The average Bonchev–Trinajstić information content (AvgIpc) is 2.89. The van der Waals surface area contributed by atoms with Crippen LogP contribution in [0.3, 0.4) is 0 Å². The zero-order valence-corrected chi connectivity index (χ0v) is 13.6. The Bertz CT molecular complexity index is 971. The minimum Gasteiger partial charge on any atom is -0.319 e. The Kier molecular flexibility index (Phi) is 3.99. The zero-order chi connectivity index (χ0) is 17.3. The molecule has 0 atom stereocenters. The van der Waals surface area contributed by atoms with E-state index in [-0.39, 0.29) is 17.2 Å². The molecule has 0 aliphatic carbocycles. The molecule has 7 heteroatoms. The predicted octanol–water partition coefficient (Wildman–Crippen LogP) is 1.84. The number of hydrogen-bond donors (Lipinski definition) is 1. The van der Waals surface area contributed by atoms with Gasteiger partial charge in [-0.25, -0.2) is 9.36 Å². The van der Waals surface area contributed by atoms with Crippen LogP contribution >= 0.6 is 0 Å². The van der Waals surface area contributed by atoms with Crippen molar-refractivity contribution in [1.29, 1.82) is 0 Å². The largest absolute Gasteiger partial charge is 0.319 e. The molecule has 122 valence electrons. The van der Waals surface area contributed by atoms with E-state index >= 15 is 0 Å². The Morgan fingerprint density at radius 2 is 1.83 bits per heavy atom. The van der Waals surface area contributed by atoms with Crippen molar-refractivity contribution >= 4 is 11.6 Å². The van der Waals surface area contributed by atoms with Crippen LogP contribution in [0.15, 0.2) is 47.3 Å². The highest BCUT2D eigenvalue weighted by Gasteiger charge is 2.13. The summed E-state index contributed by atoms with van der Waals surface area (Å²) in [6.07, 6.45) is 0. The molecule has 0 radical (unpaired) electrons. The number of anilines is 1. The van der Waals surface area contributed by atoms with Crippen LogP contribution in [0.5, 0.6) is 0 Å². The van der Waals surface area contributed by atoms with Gasteiger partial charge in [-0.05, 0) is 38.1 Å². The molecule has 24 heavy (non-hydrogen) atoms. The van der Waals surface area contributed by atoms with E-state index < -0.39 is 0 Å². The maximum atomic E-state index is 12.4. The van der Waals surface area contributed by atoms with E-state index in [0.717, 1.165) is 21.8 Å². The lowest BCUT2D eigenvalue weighted by molar-refractivity contribution is 0.102. The summed E-state index contributed by atoms with van der Waals surface area (Å²) in [6, 6.07) is 12.1. The topological polar surface area (TPSA) is 81.8 Å². The van der Waals surface area contributed by atoms with Gasteiger partial charge in [-0.3, -0.25) is 9.59 Å². The van der Waals surface area contributed by atoms with E-state index in [1.807, 2.05) is 38.1 Å². The van der Waals surface area contributed by atoms with Crippen LogP contribution in [-0.4, -0.2) is 25.5 Å². The summed E-state index contributed by atoms with van der Waals surface area (Å²) in [5.74, 6) is -0.389. The van der Waals surface area contributed by atoms with Gasteiger partial charge in [0.1, 0.15) is 5.69 Å².